The van der Waals surface area contributed by atoms with Crippen molar-refractivity contribution in [1.29, 1.82) is 0 Å². The molecular weight excluding hydrogens is 236 g/mol. The van der Waals surface area contributed by atoms with Crippen molar-refractivity contribution in [2.75, 3.05) is 14.1 Å². The summed E-state index contributed by atoms with van der Waals surface area (Å²) >= 11 is 1.31. The van der Waals surface area contributed by atoms with Gasteiger partial charge in [-0.15, -0.1) is 5.10 Å². The third-order valence-corrected chi connectivity index (χ3v) is 2.77. The summed E-state index contributed by atoms with van der Waals surface area (Å²) in [6.45, 7) is 5.74. The van der Waals surface area contributed by atoms with Crippen molar-refractivity contribution in [2.45, 2.75) is 31.3 Å². The van der Waals surface area contributed by atoms with Gasteiger partial charge in [-0.1, -0.05) is 31.7 Å². The summed E-state index contributed by atoms with van der Waals surface area (Å²) in [7, 11) is 3.39. The second-order valence-electron chi connectivity index (χ2n) is 3.79. The Morgan fingerprint density at radius 2 is 2.29 bits per heavy atom. The summed E-state index contributed by atoms with van der Waals surface area (Å²) in [6.07, 6.45) is 2.91. The largest absolute Gasteiger partial charge is 0.346 e. The first-order chi connectivity index (χ1) is 8.10. The predicted octanol–water partition coefficient (Wildman–Crippen LogP) is 2.39. The van der Waals surface area contributed by atoms with Crippen LogP contribution in [0.5, 0.6) is 0 Å². The molecular formula is C11H18N4OS. The summed E-state index contributed by atoms with van der Waals surface area (Å²) in [5.41, 5.74) is 0. The minimum Gasteiger partial charge on any atom is -0.329 e. The van der Waals surface area contributed by atoms with Gasteiger partial charge in [0, 0.05) is 20.5 Å². The fourth-order valence-corrected chi connectivity index (χ4v) is 1.77. The van der Waals surface area contributed by atoms with Gasteiger partial charge in [-0.2, -0.15) is 4.68 Å². The molecule has 0 aromatic carbocycles. The average Bonchev–Trinajstić information content (AvgIpc) is 2.69. The number of amides is 1. The summed E-state index contributed by atoms with van der Waals surface area (Å²) in [4.78, 5) is 17.7. The van der Waals surface area contributed by atoms with Crippen molar-refractivity contribution >= 4 is 17.8 Å². The van der Waals surface area contributed by atoms with E-state index in [0.717, 1.165) is 19.3 Å². The number of nitrogens with zero attached hydrogens (tertiary/aromatic N) is 4. The van der Waals surface area contributed by atoms with Crippen LogP contribution in [0.15, 0.2) is 17.1 Å². The molecule has 0 aliphatic rings. The van der Waals surface area contributed by atoms with Gasteiger partial charge in [0.15, 0.2) is 11.0 Å². The molecule has 94 valence electrons. The maximum absolute atomic E-state index is 11.9. The smallest absolute Gasteiger partial charge is 0.329 e. The zero-order valence-corrected chi connectivity index (χ0v) is 11.3. The minimum absolute atomic E-state index is 0.190. The van der Waals surface area contributed by atoms with Gasteiger partial charge in [-0.3, -0.25) is 0 Å². The monoisotopic (exact) mass is 254 g/mol. The average molecular weight is 254 g/mol. The number of thioether (sulfide) groups is 1. The Balaban J connectivity index is 2.96. The molecule has 1 aromatic heterocycles. The van der Waals surface area contributed by atoms with Gasteiger partial charge in [0.25, 0.3) is 0 Å². The summed E-state index contributed by atoms with van der Waals surface area (Å²) in [5, 5.41) is 6.45. The third kappa shape index (κ3) is 3.59. The topological polar surface area (TPSA) is 51.0 Å². The van der Waals surface area contributed by atoms with Crippen LogP contribution in [0.1, 0.15) is 25.6 Å². The van der Waals surface area contributed by atoms with Crippen molar-refractivity contribution < 1.29 is 4.79 Å². The highest BCUT2D eigenvalue weighted by molar-refractivity contribution is 8.02. The lowest BCUT2D eigenvalue weighted by atomic mass is 10.2. The van der Waals surface area contributed by atoms with E-state index in [2.05, 4.69) is 23.6 Å². The van der Waals surface area contributed by atoms with Crippen molar-refractivity contribution in [3.8, 4) is 0 Å². The van der Waals surface area contributed by atoms with E-state index in [-0.39, 0.29) is 6.03 Å². The van der Waals surface area contributed by atoms with Crippen LogP contribution in [-0.2, 0) is 6.42 Å². The molecule has 0 unspecified atom stereocenters. The number of hydrogen-bond donors (Lipinski definition) is 0. The molecule has 0 radical (unpaired) electrons. The van der Waals surface area contributed by atoms with Gasteiger partial charge in [0.2, 0.25) is 0 Å². The molecule has 0 bridgehead atoms. The first-order valence-electron chi connectivity index (χ1n) is 5.55. The van der Waals surface area contributed by atoms with E-state index in [1.165, 1.54) is 21.3 Å². The molecule has 0 aliphatic heterocycles. The standard InChI is InChI=1S/C11H18N4OS/c1-5-7-8-9-12-10(17-6-2)15(13-9)11(16)14(3)4/h6H,2,5,7-8H2,1,3-4H3. The van der Waals surface area contributed by atoms with Crippen LogP contribution in [-0.4, -0.2) is 39.8 Å². The van der Waals surface area contributed by atoms with Gasteiger partial charge in [-0.25, -0.2) is 9.78 Å². The van der Waals surface area contributed by atoms with Gasteiger partial charge >= 0.3 is 6.03 Å². The maximum Gasteiger partial charge on any atom is 0.346 e. The number of rotatable bonds is 5. The molecule has 0 fully saturated rings. The Morgan fingerprint density at radius 1 is 1.59 bits per heavy atom. The zero-order chi connectivity index (χ0) is 12.8. The van der Waals surface area contributed by atoms with Crippen LogP contribution >= 0.6 is 11.8 Å². The van der Waals surface area contributed by atoms with Gasteiger partial charge < -0.3 is 4.90 Å². The molecule has 0 saturated carbocycles. The van der Waals surface area contributed by atoms with Crippen molar-refractivity contribution in [1.82, 2.24) is 19.7 Å². The molecule has 17 heavy (non-hydrogen) atoms. The minimum atomic E-state index is -0.190. The number of carbonyl (C=O) groups excluding carboxylic acids is 1. The highest BCUT2D eigenvalue weighted by atomic mass is 32.2. The van der Waals surface area contributed by atoms with Crippen LogP contribution in [0.4, 0.5) is 4.79 Å². The van der Waals surface area contributed by atoms with Crippen LogP contribution in [0.25, 0.3) is 0 Å². The maximum atomic E-state index is 11.9. The molecule has 6 heteroatoms. The van der Waals surface area contributed by atoms with Crippen LogP contribution < -0.4 is 0 Å². The molecule has 0 aliphatic carbocycles. The Labute approximate surface area is 106 Å². The summed E-state index contributed by atoms with van der Waals surface area (Å²) < 4.78 is 1.33. The van der Waals surface area contributed by atoms with Crippen molar-refractivity contribution in [3.05, 3.63) is 17.8 Å². The van der Waals surface area contributed by atoms with E-state index in [9.17, 15) is 4.79 Å². The molecule has 1 rings (SSSR count). The van der Waals surface area contributed by atoms with Crippen molar-refractivity contribution in [2.24, 2.45) is 0 Å². The summed E-state index contributed by atoms with van der Waals surface area (Å²) in [6, 6.07) is -0.190. The Kier molecular flexibility index (Phi) is 5.21. The number of aromatic nitrogens is 3. The third-order valence-electron chi connectivity index (χ3n) is 2.13. The molecule has 0 spiro atoms. The molecule has 0 saturated heterocycles. The van der Waals surface area contributed by atoms with Gasteiger partial charge in [0.1, 0.15) is 0 Å². The lowest BCUT2D eigenvalue weighted by Gasteiger charge is -2.09. The van der Waals surface area contributed by atoms with Crippen LogP contribution in [0.3, 0.4) is 0 Å². The lowest BCUT2D eigenvalue weighted by Crippen LogP contribution is -2.28. The fourth-order valence-electron chi connectivity index (χ4n) is 1.24. The van der Waals surface area contributed by atoms with E-state index in [1.807, 2.05) is 0 Å². The Bertz CT molecular complexity index is 400. The lowest BCUT2D eigenvalue weighted by molar-refractivity contribution is 0.213. The predicted molar refractivity (Wildman–Crippen MR) is 69.2 cm³/mol. The molecule has 1 aromatic rings. The van der Waals surface area contributed by atoms with E-state index < -0.39 is 0 Å². The highest BCUT2D eigenvalue weighted by Crippen LogP contribution is 2.17. The molecule has 1 amide bonds. The first-order valence-corrected chi connectivity index (χ1v) is 6.43. The van der Waals surface area contributed by atoms with E-state index >= 15 is 0 Å². The normalized spacial score (nSPS) is 10.3. The fraction of sp³-hybridized carbons (Fsp3) is 0.545. The van der Waals surface area contributed by atoms with E-state index in [0.29, 0.717) is 11.0 Å². The second-order valence-corrected chi connectivity index (χ2v) is 4.72. The molecule has 5 nitrogen and oxygen atoms in total. The van der Waals surface area contributed by atoms with Gasteiger partial charge in [0.05, 0.1) is 0 Å². The number of unbranched alkanes of at least 4 members (excludes halogenated alkanes) is 1. The highest BCUT2D eigenvalue weighted by Gasteiger charge is 2.16. The summed E-state index contributed by atoms with van der Waals surface area (Å²) in [5.74, 6) is 0.714. The quantitative estimate of drug-likeness (QED) is 0.757. The van der Waals surface area contributed by atoms with Crippen LogP contribution in [0, 0.1) is 0 Å². The molecule has 0 N–H and O–H groups in total. The van der Waals surface area contributed by atoms with E-state index in [1.54, 1.807) is 19.5 Å². The van der Waals surface area contributed by atoms with E-state index in [4.69, 9.17) is 0 Å². The number of aryl methyl sites for hydroxylation is 1. The Morgan fingerprint density at radius 3 is 2.82 bits per heavy atom. The zero-order valence-electron chi connectivity index (χ0n) is 10.5. The van der Waals surface area contributed by atoms with Crippen LogP contribution in [0.2, 0.25) is 0 Å². The van der Waals surface area contributed by atoms with Crippen molar-refractivity contribution in [3.63, 3.8) is 0 Å². The first kappa shape index (κ1) is 13.8. The number of carbonyl (C=O) groups is 1. The number of hydrogen-bond acceptors (Lipinski definition) is 4. The SMILES string of the molecule is C=CSc1nc(CCCC)nn1C(=O)N(C)C. The Hall–Kier alpha value is -1.30. The molecule has 0 atom stereocenters. The molecule has 1 heterocycles. The second kappa shape index (κ2) is 6.44. The van der Waals surface area contributed by atoms with Gasteiger partial charge in [-0.05, 0) is 11.8 Å².